The molecule has 0 amide bonds. The van der Waals surface area contributed by atoms with Gasteiger partial charge in [-0.15, -0.1) is 0 Å². The number of hydrogen-bond donors (Lipinski definition) is 1. The van der Waals surface area contributed by atoms with E-state index < -0.39 is 0 Å². The average molecular weight is 418 g/mol. The second-order valence-electron chi connectivity index (χ2n) is 7.23. The van der Waals surface area contributed by atoms with E-state index >= 15 is 0 Å². The Balaban J connectivity index is 1.38. The van der Waals surface area contributed by atoms with Crippen LogP contribution in [0, 0.1) is 0 Å². The number of ether oxygens (including phenoxy) is 3. The van der Waals surface area contributed by atoms with Crippen LogP contribution in [0.5, 0.6) is 17.2 Å². The molecule has 0 bridgehead atoms. The Morgan fingerprint density at radius 2 is 1.77 bits per heavy atom. The number of imidazole rings is 1. The van der Waals surface area contributed by atoms with E-state index in [0.29, 0.717) is 24.7 Å². The maximum Gasteiger partial charge on any atom is 0.180 e. The number of nitrogen functional groups attached to an aromatic ring is 1. The summed E-state index contributed by atoms with van der Waals surface area (Å²) in [5.41, 5.74) is 10.5. The molecule has 4 aromatic rings. The number of benzene rings is 2. The van der Waals surface area contributed by atoms with E-state index in [0.717, 1.165) is 41.2 Å². The smallest absolute Gasteiger partial charge is 0.180 e. The normalized spacial score (nSPS) is 10.9. The molecule has 0 fully saturated rings. The van der Waals surface area contributed by atoms with Crippen LogP contribution >= 0.6 is 0 Å². The molecule has 160 valence electrons. The largest absolute Gasteiger partial charge is 0.495 e. The third-order valence-corrected chi connectivity index (χ3v) is 5.12. The van der Waals surface area contributed by atoms with Gasteiger partial charge < -0.3 is 24.3 Å². The molecule has 2 N–H and O–H groups in total. The molecule has 2 aromatic heterocycles. The lowest BCUT2D eigenvalue weighted by molar-refractivity contribution is 0.248. The number of hydrogen-bond acceptors (Lipinski definition) is 5. The van der Waals surface area contributed by atoms with E-state index in [1.807, 2.05) is 59.3 Å². The first-order chi connectivity index (χ1) is 15.2. The van der Waals surface area contributed by atoms with Crippen LogP contribution in [-0.2, 0) is 6.42 Å². The molecule has 0 unspecified atom stereocenters. The van der Waals surface area contributed by atoms with Crippen LogP contribution in [0.1, 0.15) is 18.9 Å². The first kappa shape index (κ1) is 20.6. The highest BCUT2D eigenvalue weighted by atomic mass is 16.5. The van der Waals surface area contributed by atoms with Crippen LogP contribution in [0.4, 0.5) is 5.69 Å². The van der Waals surface area contributed by atoms with Gasteiger partial charge in [-0.1, -0.05) is 19.1 Å². The molecule has 6 heteroatoms. The van der Waals surface area contributed by atoms with Crippen LogP contribution in [-0.4, -0.2) is 29.7 Å². The number of methoxy groups -OCH3 is 1. The lowest BCUT2D eigenvalue weighted by Gasteiger charge is -2.09. The molecule has 31 heavy (non-hydrogen) atoms. The molecule has 2 heterocycles. The minimum absolute atomic E-state index is 0.546. The highest BCUT2D eigenvalue weighted by molar-refractivity contribution is 5.71. The summed E-state index contributed by atoms with van der Waals surface area (Å²) < 4.78 is 19.0. The van der Waals surface area contributed by atoms with E-state index in [1.54, 1.807) is 7.11 Å². The van der Waals surface area contributed by atoms with Crippen molar-refractivity contribution in [2.24, 2.45) is 0 Å². The quantitative estimate of drug-likeness (QED) is 0.306. The first-order valence-corrected chi connectivity index (χ1v) is 10.4. The summed E-state index contributed by atoms with van der Waals surface area (Å²) in [5, 5.41) is 0. The van der Waals surface area contributed by atoms with E-state index in [-0.39, 0.29) is 0 Å². The van der Waals surface area contributed by atoms with Crippen LogP contribution in [0.15, 0.2) is 67.0 Å². The summed E-state index contributed by atoms with van der Waals surface area (Å²) in [7, 11) is 1.60. The van der Waals surface area contributed by atoms with E-state index in [9.17, 15) is 0 Å². The molecule has 0 aliphatic carbocycles. The van der Waals surface area contributed by atoms with Crippen LogP contribution in [0.2, 0.25) is 0 Å². The van der Waals surface area contributed by atoms with Crippen molar-refractivity contribution in [2.45, 2.75) is 19.8 Å². The van der Waals surface area contributed by atoms with E-state index in [2.05, 4.69) is 19.1 Å². The molecule has 0 aliphatic rings. The number of aromatic nitrogens is 2. The predicted molar refractivity (Wildman–Crippen MR) is 123 cm³/mol. The van der Waals surface area contributed by atoms with Crippen molar-refractivity contribution in [3.63, 3.8) is 0 Å². The van der Waals surface area contributed by atoms with Gasteiger partial charge in [0.15, 0.2) is 11.4 Å². The molecule has 0 aliphatic heterocycles. The number of pyridine rings is 1. The third kappa shape index (κ3) is 4.74. The summed E-state index contributed by atoms with van der Waals surface area (Å²) in [6, 6.07) is 17.8. The summed E-state index contributed by atoms with van der Waals surface area (Å²) in [5.74, 6) is 2.28. The summed E-state index contributed by atoms with van der Waals surface area (Å²) >= 11 is 0. The topological polar surface area (TPSA) is 71.0 Å². The Labute approximate surface area is 182 Å². The number of anilines is 1. The molecule has 2 aromatic carbocycles. The Hall–Kier alpha value is -3.67. The molecular formula is C25H27N3O3. The number of nitrogens with zero attached hydrogens (tertiary/aromatic N) is 2. The SMILES string of the molecule is CCc1ccc(OCCCOc2cccn3cc(-c4ccc(OC)c(N)c4)nc23)cc1. The average Bonchev–Trinajstić information content (AvgIpc) is 3.24. The van der Waals surface area contributed by atoms with Crippen molar-refractivity contribution >= 4 is 11.3 Å². The lowest BCUT2D eigenvalue weighted by Crippen LogP contribution is -2.05. The maximum absolute atomic E-state index is 6.05. The zero-order valence-electron chi connectivity index (χ0n) is 17.9. The second-order valence-corrected chi connectivity index (χ2v) is 7.23. The van der Waals surface area contributed by atoms with Gasteiger partial charge in [0.25, 0.3) is 0 Å². The number of rotatable bonds is 9. The minimum Gasteiger partial charge on any atom is -0.495 e. The molecule has 6 nitrogen and oxygen atoms in total. The molecule has 0 spiro atoms. The molecule has 0 radical (unpaired) electrons. The van der Waals surface area contributed by atoms with Crippen molar-refractivity contribution in [1.82, 2.24) is 9.38 Å². The van der Waals surface area contributed by atoms with Crippen molar-refractivity contribution < 1.29 is 14.2 Å². The van der Waals surface area contributed by atoms with Crippen molar-refractivity contribution in [3.05, 3.63) is 72.6 Å². The maximum atomic E-state index is 6.05. The summed E-state index contributed by atoms with van der Waals surface area (Å²) in [6.07, 6.45) is 5.72. The van der Waals surface area contributed by atoms with Gasteiger partial charge in [-0.2, -0.15) is 0 Å². The second kappa shape index (κ2) is 9.43. The predicted octanol–water partition coefficient (Wildman–Crippen LogP) is 5.00. The van der Waals surface area contributed by atoms with Crippen LogP contribution in [0.3, 0.4) is 0 Å². The number of nitrogens with two attached hydrogens (primary N) is 1. The third-order valence-electron chi connectivity index (χ3n) is 5.12. The fourth-order valence-electron chi connectivity index (χ4n) is 3.39. The molecule has 0 atom stereocenters. The van der Waals surface area contributed by atoms with Gasteiger partial charge in [-0.25, -0.2) is 4.98 Å². The zero-order valence-corrected chi connectivity index (χ0v) is 17.9. The van der Waals surface area contributed by atoms with Crippen molar-refractivity contribution in [2.75, 3.05) is 26.1 Å². The van der Waals surface area contributed by atoms with Gasteiger partial charge in [-0.3, -0.25) is 0 Å². The fraction of sp³-hybridized carbons (Fsp3) is 0.240. The van der Waals surface area contributed by atoms with Gasteiger partial charge >= 0.3 is 0 Å². The zero-order chi connectivity index (χ0) is 21.6. The molecular weight excluding hydrogens is 390 g/mol. The van der Waals surface area contributed by atoms with Crippen molar-refractivity contribution in [3.8, 4) is 28.5 Å². The van der Waals surface area contributed by atoms with Crippen LogP contribution < -0.4 is 19.9 Å². The summed E-state index contributed by atoms with van der Waals surface area (Å²) in [6.45, 7) is 3.28. The van der Waals surface area contributed by atoms with E-state index in [4.69, 9.17) is 24.9 Å². The van der Waals surface area contributed by atoms with Crippen LogP contribution in [0.25, 0.3) is 16.9 Å². The van der Waals surface area contributed by atoms with Gasteiger partial charge in [-0.05, 0) is 54.4 Å². The Morgan fingerprint density at radius 1 is 0.968 bits per heavy atom. The molecule has 4 rings (SSSR count). The summed E-state index contributed by atoms with van der Waals surface area (Å²) in [4.78, 5) is 4.75. The monoisotopic (exact) mass is 417 g/mol. The lowest BCUT2D eigenvalue weighted by atomic mass is 10.1. The Kier molecular flexibility index (Phi) is 6.26. The molecule has 0 saturated heterocycles. The van der Waals surface area contributed by atoms with Crippen molar-refractivity contribution in [1.29, 1.82) is 0 Å². The first-order valence-electron chi connectivity index (χ1n) is 10.4. The number of fused-ring (bicyclic) bond motifs is 1. The van der Waals surface area contributed by atoms with Gasteiger partial charge in [0.2, 0.25) is 0 Å². The number of aryl methyl sites for hydroxylation is 1. The van der Waals surface area contributed by atoms with Gasteiger partial charge in [0.05, 0.1) is 31.7 Å². The Bertz CT molecular complexity index is 1150. The fourth-order valence-corrected chi connectivity index (χ4v) is 3.39. The van der Waals surface area contributed by atoms with Gasteiger partial charge in [0, 0.05) is 24.4 Å². The Morgan fingerprint density at radius 3 is 2.52 bits per heavy atom. The van der Waals surface area contributed by atoms with E-state index in [1.165, 1.54) is 5.56 Å². The highest BCUT2D eigenvalue weighted by Gasteiger charge is 2.10. The highest BCUT2D eigenvalue weighted by Crippen LogP contribution is 2.29. The molecule has 0 saturated carbocycles. The standard InChI is InChI=1S/C25H27N3O3/c1-3-18-7-10-20(11-8-18)30-14-5-15-31-24-6-4-13-28-17-22(27-25(24)28)19-9-12-23(29-2)21(26)16-19/h4,6-13,16-17H,3,5,14-15,26H2,1-2H3. The van der Waals surface area contributed by atoms with Gasteiger partial charge in [0.1, 0.15) is 11.5 Å². The minimum atomic E-state index is 0.546.